The Morgan fingerprint density at radius 1 is 1.16 bits per heavy atom. The van der Waals surface area contributed by atoms with Crippen molar-refractivity contribution in [2.45, 2.75) is 45.3 Å². The molecule has 1 fully saturated rings. The molecule has 7 heteroatoms. The van der Waals surface area contributed by atoms with Gasteiger partial charge in [-0.2, -0.15) is 0 Å². The second kappa shape index (κ2) is 10.8. The molecule has 2 aromatic rings. The van der Waals surface area contributed by atoms with E-state index in [1.54, 1.807) is 12.0 Å². The monoisotopic (exact) mass is 453 g/mol. The molecule has 1 N–H and O–H groups in total. The maximum absolute atomic E-state index is 13.1. The normalized spacial score (nSPS) is 17.4. The molecule has 0 bridgehead atoms. The van der Waals surface area contributed by atoms with E-state index in [0.29, 0.717) is 24.2 Å². The largest absolute Gasteiger partial charge is 0.383 e. The summed E-state index contributed by atoms with van der Waals surface area (Å²) in [7, 11) is 1.60. The van der Waals surface area contributed by atoms with Crippen LogP contribution in [0.15, 0.2) is 47.5 Å². The van der Waals surface area contributed by atoms with Gasteiger partial charge in [0.1, 0.15) is 5.25 Å². The molecule has 6 nitrogen and oxygen atoms in total. The summed E-state index contributed by atoms with van der Waals surface area (Å²) in [4.78, 5) is 32.1. The van der Waals surface area contributed by atoms with Gasteiger partial charge in [0.25, 0.3) is 0 Å². The zero-order chi connectivity index (χ0) is 23.3. The molecule has 3 rings (SSSR count). The van der Waals surface area contributed by atoms with Crippen LogP contribution >= 0.6 is 11.8 Å². The summed E-state index contributed by atoms with van der Waals surface area (Å²) >= 11 is 1.34. The standard InChI is InChI=1S/C25H31N3O3S/c1-16(2)19-9-11-20(12-10-19)26-25-28(13-14-31-5)24(30)21(32-25)15-22(29)27-23-17(3)7-6-8-18(23)4/h6-12,16,21H,13-15H2,1-5H3,(H,27,29). The Bertz CT molecular complexity index is 982. The molecule has 1 aliphatic heterocycles. The number of carbonyl (C=O) groups excluding carboxylic acids is 2. The van der Waals surface area contributed by atoms with Crippen LogP contribution < -0.4 is 5.32 Å². The van der Waals surface area contributed by atoms with Crippen molar-refractivity contribution >= 4 is 40.1 Å². The van der Waals surface area contributed by atoms with Crippen molar-refractivity contribution in [2.24, 2.45) is 4.99 Å². The van der Waals surface area contributed by atoms with Crippen molar-refractivity contribution in [2.75, 3.05) is 25.6 Å². The van der Waals surface area contributed by atoms with E-state index in [1.165, 1.54) is 17.3 Å². The summed E-state index contributed by atoms with van der Waals surface area (Å²) in [5.74, 6) is 0.154. The molecule has 0 saturated carbocycles. The predicted molar refractivity (Wildman–Crippen MR) is 132 cm³/mol. The lowest BCUT2D eigenvalue weighted by Gasteiger charge is -2.16. The summed E-state index contributed by atoms with van der Waals surface area (Å²) in [6.07, 6.45) is 0.0893. The minimum Gasteiger partial charge on any atom is -0.383 e. The molecule has 170 valence electrons. The second-order valence-corrected chi connectivity index (χ2v) is 9.42. The lowest BCUT2D eigenvalue weighted by atomic mass is 10.0. The molecule has 1 aliphatic rings. The minimum atomic E-state index is -0.509. The van der Waals surface area contributed by atoms with Crippen LogP contribution in [-0.4, -0.2) is 47.4 Å². The number of amidine groups is 1. The van der Waals surface area contributed by atoms with E-state index in [1.807, 2.05) is 44.2 Å². The van der Waals surface area contributed by atoms with Crippen molar-refractivity contribution in [3.63, 3.8) is 0 Å². The van der Waals surface area contributed by atoms with E-state index in [9.17, 15) is 9.59 Å². The molecule has 1 saturated heterocycles. The molecule has 1 atom stereocenters. The lowest BCUT2D eigenvalue weighted by molar-refractivity contribution is -0.128. The average molecular weight is 454 g/mol. The van der Waals surface area contributed by atoms with Crippen LogP contribution in [0.2, 0.25) is 0 Å². The van der Waals surface area contributed by atoms with Gasteiger partial charge in [0.2, 0.25) is 11.8 Å². The van der Waals surface area contributed by atoms with Crippen LogP contribution in [-0.2, 0) is 14.3 Å². The molecule has 0 spiro atoms. The highest BCUT2D eigenvalue weighted by atomic mass is 32.2. The van der Waals surface area contributed by atoms with Gasteiger partial charge in [0, 0.05) is 19.2 Å². The van der Waals surface area contributed by atoms with Gasteiger partial charge < -0.3 is 10.1 Å². The van der Waals surface area contributed by atoms with Crippen LogP contribution in [0, 0.1) is 13.8 Å². The number of amides is 2. The molecule has 2 aromatic carbocycles. The summed E-state index contributed by atoms with van der Waals surface area (Å²) < 4.78 is 5.18. The smallest absolute Gasteiger partial charge is 0.242 e. The number of hydrogen-bond acceptors (Lipinski definition) is 5. The fourth-order valence-corrected chi connectivity index (χ4v) is 4.71. The number of thioether (sulfide) groups is 1. The number of aryl methyl sites for hydroxylation is 2. The number of aliphatic imine (C=N–C) groups is 1. The number of para-hydroxylation sites is 1. The van der Waals surface area contributed by atoms with Crippen molar-refractivity contribution in [3.05, 3.63) is 59.2 Å². The van der Waals surface area contributed by atoms with Crippen LogP contribution in [0.4, 0.5) is 11.4 Å². The van der Waals surface area contributed by atoms with Crippen LogP contribution in [0.5, 0.6) is 0 Å². The Labute approximate surface area is 194 Å². The summed E-state index contributed by atoms with van der Waals surface area (Å²) in [6.45, 7) is 9.01. The summed E-state index contributed by atoms with van der Waals surface area (Å²) in [5.41, 5.74) is 4.83. The molecule has 1 heterocycles. The number of hydrogen-bond donors (Lipinski definition) is 1. The quantitative estimate of drug-likeness (QED) is 0.608. The number of carbonyl (C=O) groups is 2. The lowest BCUT2D eigenvalue weighted by Crippen LogP contribution is -2.35. The van der Waals surface area contributed by atoms with Crippen molar-refractivity contribution in [1.82, 2.24) is 4.90 Å². The first-order valence-electron chi connectivity index (χ1n) is 10.8. The van der Waals surface area contributed by atoms with Gasteiger partial charge in [-0.1, -0.05) is 55.9 Å². The van der Waals surface area contributed by atoms with Gasteiger partial charge >= 0.3 is 0 Å². The molecule has 0 radical (unpaired) electrons. The van der Waals surface area contributed by atoms with Crippen molar-refractivity contribution in [3.8, 4) is 0 Å². The van der Waals surface area contributed by atoms with Gasteiger partial charge in [-0.15, -0.1) is 0 Å². The van der Waals surface area contributed by atoms with Crippen LogP contribution in [0.1, 0.15) is 42.9 Å². The third kappa shape index (κ3) is 5.78. The molecule has 32 heavy (non-hydrogen) atoms. The number of ether oxygens (including phenoxy) is 1. The molecular formula is C25H31N3O3S. The molecule has 1 unspecified atom stereocenters. The van der Waals surface area contributed by atoms with Crippen molar-refractivity contribution in [1.29, 1.82) is 0 Å². The minimum absolute atomic E-state index is 0.0893. The van der Waals surface area contributed by atoms with E-state index in [2.05, 4.69) is 31.3 Å². The maximum atomic E-state index is 13.1. The van der Waals surface area contributed by atoms with E-state index in [-0.39, 0.29) is 18.2 Å². The zero-order valence-corrected chi connectivity index (χ0v) is 20.2. The number of methoxy groups -OCH3 is 1. The van der Waals surface area contributed by atoms with Gasteiger partial charge in [-0.25, -0.2) is 4.99 Å². The highest BCUT2D eigenvalue weighted by Gasteiger charge is 2.39. The SMILES string of the molecule is COCCN1C(=O)C(CC(=O)Nc2c(C)cccc2C)SC1=Nc1ccc(C(C)C)cc1. The van der Waals surface area contributed by atoms with Gasteiger partial charge in [0.15, 0.2) is 5.17 Å². The predicted octanol–water partition coefficient (Wildman–Crippen LogP) is 5.03. The fraction of sp³-hybridized carbons (Fsp3) is 0.400. The Morgan fingerprint density at radius 2 is 1.81 bits per heavy atom. The zero-order valence-electron chi connectivity index (χ0n) is 19.3. The second-order valence-electron chi connectivity index (χ2n) is 8.25. The van der Waals surface area contributed by atoms with Gasteiger partial charge in [0.05, 0.1) is 18.8 Å². The van der Waals surface area contributed by atoms with E-state index in [0.717, 1.165) is 22.5 Å². The number of rotatable bonds is 8. The number of anilines is 1. The van der Waals surface area contributed by atoms with Crippen LogP contribution in [0.25, 0.3) is 0 Å². The summed E-state index contributed by atoms with van der Waals surface area (Å²) in [6, 6.07) is 13.9. The Kier molecular flexibility index (Phi) is 8.10. The Balaban J connectivity index is 1.76. The molecule has 0 aliphatic carbocycles. The van der Waals surface area contributed by atoms with E-state index in [4.69, 9.17) is 9.73 Å². The molecular weight excluding hydrogens is 422 g/mol. The Hall–Kier alpha value is -2.64. The van der Waals surface area contributed by atoms with Crippen molar-refractivity contribution < 1.29 is 14.3 Å². The first-order valence-corrected chi connectivity index (χ1v) is 11.7. The Morgan fingerprint density at radius 3 is 2.41 bits per heavy atom. The van der Waals surface area contributed by atoms with Crippen LogP contribution in [0.3, 0.4) is 0 Å². The maximum Gasteiger partial charge on any atom is 0.242 e. The highest BCUT2D eigenvalue weighted by molar-refractivity contribution is 8.15. The van der Waals surface area contributed by atoms with E-state index < -0.39 is 5.25 Å². The van der Waals surface area contributed by atoms with E-state index >= 15 is 0 Å². The number of nitrogens with one attached hydrogen (secondary N) is 1. The average Bonchev–Trinajstić information content (AvgIpc) is 3.03. The van der Waals surface area contributed by atoms with Gasteiger partial charge in [-0.3, -0.25) is 14.5 Å². The summed E-state index contributed by atoms with van der Waals surface area (Å²) in [5, 5.41) is 3.07. The first-order chi connectivity index (χ1) is 15.3. The highest BCUT2D eigenvalue weighted by Crippen LogP contribution is 2.32. The molecule has 0 aromatic heterocycles. The first kappa shape index (κ1) is 24.0. The topological polar surface area (TPSA) is 71.0 Å². The molecule has 2 amide bonds. The third-order valence-corrected chi connectivity index (χ3v) is 6.62. The third-order valence-electron chi connectivity index (χ3n) is 5.44. The fourth-order valence-electron chi connectivity index (χ4n) is 3.53. The number of benzene rings is 2. The number of nitrogens with zero attached hydrogens (tertiary/aromatic N) is 2. The van der Waals surface area contributed by atoms with Gasteiger partial charge in [-0.05, 0) is 48.6 Å².